The fourth-order valence-corrected chi connectivity index (χ4v) is 1.33. The summed E-state index contributed by atoms with van der Waals surface area (Å²) in [4.78, 5) is 0. The summed E-state index contributed by atoms with van der Waals surface area (Å²) >= 11 is 11.4. The van der Waals surface area contributed by atoms with Crippen molar-refractivity contribution in [1.82, 2.24) is 0 Å². The molecule has 0 unspecified atom stereocenters. The van der Waals surface area contributed by atoms with Crippen LogP contribution in [-0.2, 0) is 0 Å². The molecular formula is C12H18Cl2. The van der Waals surface area contributed by atoms with E-state index in [0.717, 1.165) is 10.6 Å². The van der Waals surface area contributed by atoms with E-state index in [0.29, 0.717) is 5.02 Å². The Morgan fingerprint density at radius 1 is 1.07 bits per heavy atom. The van der Waals surface area contributed by atoms with Crippen molar-refractivity contribution in [3.05, 3.63) is 33.8 Å². The number of rotatable bonds is 2. The van der Waals surface area contributed by atoms with E-state index in [1.165, 1.54) is 19.3 Å². The van der Waals surface area contributed by atoms with Crippen molar-refractivity contribution >= 4 is 23.2 Å². The Kier molecular flexibility index (Phi) is 8.02. The van der Waals surface area contributed by atoms with Crippen LogP contribution in [0.3, 0.4) is 0 Å². The highest BCUT2D eigenvalue weighted by atomic mass is 35.5. The minimum absolute atomic E-state index is 0.686. The Balaban J connectivity index is 0.000000292. The minimum Gasteiger partial charge on any atom is -0.0843 e. The van der Waals surface area contributed by atoms with Gasteiger partial charge in [0.2, 0.25) is 0 Å². The lowest BCUT2D eigenvalue weighted by Gasteiger charge is -1.94. The maximum atomic E-state index is 5.73. The second-order valence-corrected chi connectivity index (χ2v) is 4.09. The van der Waals surface area contributed by atoms with Crippen LogP contribution in [-0.4, -0.2) is 0 Å². The van der Waals surface area contributed by atoms with Crippen LogP contribution in [0.5, 0.6) is 0 Å². The number of hydrogen-bond donors (Lipinski definition) is 0. The second kappa shape index (κ2) is 8.14. The average molecular weight is 233 g/mol. The molecule has 0 heterocycles. The molecule has 0 radical (unpaired) electrons. The summed E-state index contributed by atoms with van der Waals surface area (Å²) in [7, 11) is 0. The highest BCUT2D eigenvalue weighted by Crippen LogP contribution is 2.19. The molecule has 0 spiro atoms. The average Bonchev–Trinajstić information content (AvgIpc) is 2.14. The number of aryl methyl sites for hydroxylation is 1. The van der Waals surface area contributed by atoms with Crippen molar-refractivity contribution in [3.63, 3.8) is 0 Å². The third-order valence-electron chi connectivity index (χ3n) is 1.84. The van der Waals surface area contributed by atoms with Crippen LogP contribution in [0.2, 0.25) is 10.0 Å². The van der Waals surface area contributed by atoms with Crippen molar-refractivity contribution in [2.45, 2.75) is 40.0 Å². The fourth-order valence-electron chi connectivity index (χ4n) is 0.921. The lowest BCUT2D eigenvalue weighted by molar-refractivity contribution is 0.772. The molecule has 0 bridgehead atoms. The Morgan fingerprint density at radius 2 is 1.64 bits per heavy atom. The first-order valence-electron chi connectivity index (χ1n) is 5.03. The van der Waals surface area contributed by atoms with Gasteiger partial charge in [0.1, 0.15) is 0 Å². The number of benzene rings is 1. The zero-order valence-corrected chi connectivity index (χ0v) is 10.6. The van der Waals surface area contributed by atoms with Crippen LogP contribution in [0.15, 0.2) is 18.2 Å². The van der Waals surface area contributed by atoms with Crippen LogP contribution in [0.1, 0.15) is 38.7 Å². The lowest BCUT2D eigenvalue weighted by Crippen LogP contribution is -1.71. The van der Waals surface area contributed by atoms with Crippen molar-refractivity contribution in [3.8, 4) is 0 Å². The van der Waals surface area contributed by atoms with E-state index in [2.05, 4.69) is 13.8 Å². The first-order chi connectivity index (χ1) is 6.61. The molecule has 0 saturated heterocycles. The largest absolute Gasteiger partial charge is 0.0843 e. The normalized spacial score (nSPS) is 9.21. The zero-order valence-electron chi connectivity index (χ0n) is 9.11. The molecule has 0 N–H and O–H groups in total. The van der Waals surface area contributed by atoms with Crippen LogP contribution in [0, 0.1) is 6.92 Å². The molecule has 1 aromatic rings. The van der Waals surface area contributed by atoms with Gasteiger partial charge >= 0.3 is 0 Å². The van der Waals surface area contributed by atoms with Crippen LogP contribution in [0.25, 0.3) is 0 Å². The number of unbranched alkanes of at least 4 members (excludes halogenated alkanes) is 2. The van der Waals surface area contributed by atoms with Crippen molar-refractivity contribution in [2.24, 2.45) is 0 Å². The molecule has 80 valence electrons. The van der Waals surface area contributed by atoms with Gasteiger partial charge in [0.15, 0.2) is 0 Å². The maximum Gasteiger partial charge on any atom is 0.0449 e. The van der Waals surface area contributed by atoms with E-state index < -0.39 is 0 Å². The van der Waals surface area contributed by atoms with Gasteiger partial charge in [-0.15, -0.1) is 0 Å². The molecule has 1 aromatic carbocycles. The molecule has 0 saturated carbocycles. The molecule has 0 aliphatic heterocycles. The van der Waals surface area contributed by atoms with Gasteiger partial charge in [-0.25, -0.2) is 0 Å². The predicted molar refractivity (Wildman–Crippen MR) is 66.4 cm³/mol. The Hall–Kier alpha value is -0.200. The van der Waals surface area contributed by atoms with E-state index in [1.807, 2.05) is 19.1 Å². The van der Waals surface area contributed by atoms with Crippen molar-refractivity contribution < 1.29 is 0 Å². The summed E-state index contributed by atoms with van der Waals surface area (Å²) in [5.74, 6) is 0. The highest BCUT2D eigenvalue weighted by molar-refractivity contribution is 6.35. The van der Waals surface area contributed by atoms with Gasteiger partial charge < -0.3 is 0 Å². The third kappa shape index (κ3) is 6.28. The first-order valence-corrected chi connectivity index (χ1v) is 5.79. The molecule has 2 heteroatoms. The SMILES string of the molecule is CCCCC.Cc1ccc(Cl)cc1Cl. The van der Waals surface area contributed by atoms with E-state index >= 15 is 0 Å². The summed E-state index contributed by atoms with van der Waals surface area (Å²) in [6, 6.07) is 5.45. The number of halogens is 2. The topological polar surface area (TPSA) is 0 Å². The standard InChI is InChI=1S/C7H6Cl2.C5H12/c1-5-2-3-6(8)4-7(5)9;1-3-5-4-2/h2-4H,1H3;3-5H2,1-2H3. The van der Waals surface area contributed by atoms with Gasteiger partial charge in [0.05, 0.1) is 0 Å². The quantitative estimate of drug-likeness (QED) is 0.632. The molecule has 0 atom stereocenters. The smallest absolute Gasteiger partial charge is 0.0449 e. The van der Waals surface area contributed by atoms with Gasteiger partial charge in [-0.05, 0) is 24.6 Å². The van der Waals surface area contributed by atoms with E-state index in [-0.39, 0.29) is 0 Å². The zero-order chi connectivity index (χ0) is 11.0. The predicted octanol–water partition coefficient (Wildman–Crippen LogP) is 5.50. The molecular weight excluding hydrogens is 215 g/mol. The van der Waals surface area contributed by atoms with Crippen LogP contribution < -0.4 is 0 Å². The molecule has 0 fully saturated rings. The molecule has 0 aromatic heterocycles. The highest BCUT2D eigenvalue weighted by Gasteiger charge is 1.92. The fraction of sp³-hybridized carbons (Fsp3) is 0.500. The summed E-state index contributed by atoms with van der Waals surface area (Å²) in [5, 5.41) is 1.41. The summed E-state index contributed by atoms with van der Waals surface area (Å²) in [6.07, 6.45) is 4.08. The van der Waals surface area contributed by atoms with Gasteiger partial charge in [-0.1, -0.05) is 62.4 Å². The van der Waals surface area contributed by atoms with Crippen LogP contribution >= 0.6 is 23.2 Å². The van der Waals surface area contributed by atoms with Gasteiger partial charge in [0.25, 0.3) is 0 Å². The van der Waals surface area contributed by atoms with E-state index in [4.69, 9.17) is 23.2 Å². The van der Waals surface area contributed by atoms with Crippen LogP contribution in [0.4, 0.5) is 0 Å². The monoisotopic (exact) mass is 232 g/mol. The summed E-state index contributed by atoms with van der Waals surface area (Å²) in [6.45, 7) is 6.37. The second-order valence-electron chi connectivity index (χ2n) is 3.25. The minimum atomic E-state index is 0.686. The summed E-state index contributed by atoms with van der Waals surface area (Å²) < 4.78 is 0. The third-order valence-corrected chi connectivity index (χ3v) is 2.48. The molecule has 0 aliphatic carbocycles. The maximum absolute atomic E-state index is 5.73. The lowest BCUT2D eigenvalue weighted by atomic mass is 10.2. The molecule has 0 nitrogen and oxygen atoms in total. The molecule has 0 amide bonds. The Morgan fingerprint density at radius 3 is 1.93 bits per heavy atom. The Labute approximate surface area is 97.2 Å². The van der Waals surface area contributed by atoms with Crippen molar-refractivity contribution in [2.75, 3.05) is 0 Å². The van der Waals surface area contributed by atoms with Crippen molar-refractivity contribution in [1.29, 1.82) is 0 Å². The summed E-state index contributed by atoms with van der Waals surface area (Å²) in [5.41, 5.74) is 1.06. The van der Waals surface area contributed by atoms with E-state index in [1.54, 1.807) is 6.07 Å². The first kappa shape index (κ1) is 13.8. The van der Waals surface area contributed by atoms with Gasteiger partial charge in [0, 0.05) is 10.0 Å². The molecule has 1 rings (SSSR count). The van der Waals surface area contributed by atoms with Gasteiger partial charge in [-0.3, -0.25) is 0 Å². The number of hydrogen-bond acceptors (Lipinski definition) is 0. The van der Waals surface area contributed by atoms with Gasteiger partial charge in [-0.2, -0.15) is 0 Å². The Bertz CT molecular complexity index is 254. The molecule has 0 aliphatic rings. The van der Waals surface area contributed by atoms with E-state index in [9.17, 15) is 0 Å². The molecule has 14 heavy (non-hydrogen) atoms.